The predicted molar refractivity (Wildman–Crippen MR) is 62.7 cm³/mol. The molecule has 0 atom stereocenters. The first-order valence-electron chi connectivity index (χ1n) is 5.11. The lowest BCUT2D eigenvalue weighted by atomic mass is 10.3. The highest BCUT2D eigenvalue weighted by Gasteiger charge is 2.13. The van der Waals surface area contributed by atoms with Crippen molar-refractivity contribution in [1.29, 1.82) is 0 Å². The van der Waals surface area contributed by atoms with Crippen molar-refractivity contribution in [2.24, 2.45) is 11.7 Å². The molecule has 1 aromatic rings. The number of rotatable bonds is 3. The lowest BCUT2D eigenvalue weighted by Gasteiger charge is -2.28. The van der Waals surface area contributed by atoms with Crippen molar-refractivity contribution in [1.82, 2.24) is 15.3 Å². The summed E-state index contributed by atoms with van der Waals surface area (Å²) >= 11 is 0. The van der Waals surface area contributed by atoms with Gasteiger partial charge in [-0.25, -0.2) is 11.7 Å². The highest BCUT2D eigenvalue weighted by atomic mass is 15.4. The van der Waals surface area contributed by atoms with E-state index in [1.165, 1.54) is 0 Å². The van der Waals surface area contributed by atoms with Gasteiger partial charge in [0.2, 0.25) is 5.95 Å². The Balaban J connectivity index is 2.24. The molecule has 0 spiro atoms. The smallest absolute Gasteiger partial charge is 0.241 e. The van der Waals surface area contributed by atoms with Crippen LogP contribution < -0.4 is 32.8 Å². The van der Waals surface area contributed by atoms with Crippen LogP contribution in [-0.2, 0) is 0 Å². The maximum atomic E-state index is 5.33. The SMILES string of the molecule is NNc1cc(N2CCNCC2)nc(NN)n1. The molecule has 0 saturated carbocycles. The second kappa shape index (κ2) is 4.92. The van der Waals surface area contributed by atoms with E-state index in [2.05, 4.69) is 31.0 Å². The van der Waals surface area contributed by atoms with E-state index in [4.69, 9.17) is 11.7 Å². The van der Waals surface area contributed by atoms with Crippen molar-refractivity contribution >= 4 is 17.6 Å². The van der Waals surface area contributed by atoms with E-state index in [1.54, 1.807) is 6.07 Å². The Morgan fingerprint density at radius 2 is 1.94 bits per heavy atom. The minimum Gasteiger partial charge on any atom is -0.354 e. The maximum Gasteiger partial charge on any atom is 0.241 e. The van der Waals surface area contributed by atoms with Gasteiger partial charge in [0.15, 0.2) is 0 Å². The maximum absolute atomic E-state index is 5.33. The Kier molecular flexibility index (Phi) is 3.34. The highest BCUT2D eigenvalue weighted by Crippen LogP contribution is 2.17. The van der Waals surface area contributed by atoms with E-state index in [0.717, 1.165) is 32.0 Å². The summed E-state index contributed by atoms with van der Waals surface area (Å²) in [6, 6.07) is 1.80. The third-order valence-electron chi connectivity index (χ3n) is 2.43. The van der Waals surface area contributed by atoms with Gasteiger partial charge in [0.1, 0.15) is 11.6 Å². The van der Waals surface area contributed by atoms with Gasteiger partial charge >= 0.3 is 0 Å². The zero-order chi connectivity index (χ0) is 11.4. The van der Waals surface area contributed by atoms with Gasteiger partial charge in [0, 0.05) is 32.2 Å². The molecular weight excluding hydrogens is 208 g/mol. The van der Waals surface area contributed by atoms with Crippen LogP contribution in [0.4, 0.5) is 17.6 Å². The van der Waals surface area contributed by atoms with Crippen LogP contribution in [0.25, 0.3) is 0 Å². The lowest BCUT2D eigenvalue weighted by molar-refractivity contribution is 0.585. The van der Waals surface area contributed by atoms with Gasteiger partial charge in [-0.1, -0.05) is 0 Å². The summed E-state index contributed by atoms with van der Waals surface area (Å²) in [6.07, 6.45) is 0. The summed E-state index contributed by atoms with van der Waals surface area (Å²) in [6.45, 7) is 3.71. The van der Waals surface area contributed by atoms with Crippen LogP contribution in [0, 0.1) is 0 Å². The van der Waals surface area contributed by atoms with Crippen LogP contribution in [0.2, 0.25) is 0 Å². The van der Waals surface area contributed by atoms with Gasteiger partial charge in [-0.2, -0.15) is 9.97 Å². The standard InChI is InChI=1S/C8H16N8/c9-14-6-5-7(13-8(12-6)15-10)16-3-1-11-2-4-16/h5,11H,1-4,9-10H2,(H2,12,13,14,15). The quantitative estimate of drug-likeness (QED) is 0.310. The minimum absolute atomic E-state index is 0.351. The van der Waals surface area contributed by atoms with Crippen LogP contribution in [0.1, 0.15) is 0 Å². The summed E-state index contributed by atoms with van der Waals surface area (Å²) < 4.78 is 0. The van der Waals surface area contributed by atoms with Crippen LogP contribution in [0.5, 0.6) is 0 Å². The summed E-state index contributed by atoms with van der Waals surface area (Å²) in [4.78, 5) is 10.5. The fraction of sp³-hybridized carbons (Fsp3) is 0.500. The molecule has 1 aromatic heterocycles. The Hall–Kier alpha value is -1.64. The molecule has 16 heavy (non-hydrogen) atoms. The fourth-order valence-corrected chi connectivity index (χ4v) is 1.63. The molecule has 1 fully saturated rings. The molecule has 0 bridgehead atoms. The molecule has 0 radical (unpaired) electrons. The molecule has 0 unspecified atom stereocenters. The summed E-state index contributed by atoms with van der Waals surface area (Å²) in [5, 5.41) is 3.28. The molecule has 7 N–H and O–H groups in total. The number of anilines is 3. The molecular formula is C8H16N8. The van der Waals surface area contributed by atoms with Crippen LogP contribution >= 0.6 is 0 Å². The second-order valence-corrected chi connectivity index (χ2v) is 3.46. The fourth-order valence-electron chi connectivity index (χ4n) is 1.63. The average Bonchev–Trinajstić information content (AvgIpc) is 2.39. The largest absolute Gasteiger partial charge is 0.354 e. The number of hydrogen-bond acceptors (Lipinski definition) is 8. The summed E-state index contributed by atoms with van der Waals surface area (Å²) in [5.41, 5.74) is 4.91. The molecule has 1 saturated heterocycles. The van der Waals surface area contributed by atoms with E-state index >= 15 is 0 Å². The van der Waals surface area contributed by atoms with Crippen molar-refractivity contribution in [2.45, 2.75) is 0 Å². The first-order chi connectivity index (χ1) is 7.83. The van der Waals surface area contributed by atoms with Crippen molar-refractivity contribution in [3.63, 3.8) is 0 Å². The van der Waals surface area contributed by atoms with Gasteiger partial charge < -0.3 is 15.6 Å². The van der Waals surface area contributed by atoms with Gasteiger partial charge in [-0.3, -0.25) is 5.43 Å². The predicted octanol–water partition coefficient (Wildman–Crippen LogP) is -1.54. The minimum atomic E-state index is 0.351. The number of piperazine rings is 1. The molecule has 8 nitrogen and oxygen atoms in total. The summed E-state index contributed by atoms with van der Waals surface area (Å²) in [5.74, 6) is 12.3. The average molecular weight is 224 g/mol. The third kappa shape index (κ3) is 2.30. The monoisotopic (exact) mass is 224 g/mol. The van der Waals surface area contributed by atoms with Crippen LogP contribution in [0.15, 0.2) is 6.07 Å². The summed E-state index contributed by atoms with van der Waals surface area (Å²) in [7, 11) is 0. The van der Waals surface area contributed by atoms with Crippen LogP contribution in [0.3, 0.4) is 0 Å². The molecule has 0 amide bonds. The molecule has 8 heteroatoms. The van der Waals surface area contributed by atoms with Crippen molar-refractivity contribution in [3.05, 3.63) is 6.07 Å². The first-order valence-corrected chi connectivity index (χ1v) is 5.11. The number of nitrogens with one attached hydrogen (secondary N) is 3. The van der Waals surface area contributed by atoms with E-state index in [1.807, 2.05) is 0 Å². The lowest BCUT2D eigenvalue weighted by Crippen LogP contribution is -2.44. The number of nitrogen functional groups attached to an aromatic ring is 2. The van der Waals surface area contributed by atoms with E-state index in [-0.39, 0.29) is 0 Å². The van der Waals surface area contributed by atoms with E-state index in [9.17, 15) is 0 Å². The molecule has 88 valence electrons. The topological polar surface area (TPSA) is 117 Å². The molecule has 2 heterocycles. The molecule has 1 aliphatic heterocycles. The number of nitrogens with two attached hydrogens (primary N) is 2. The number of aromatic nitrogens is 2. The first kappa shape index (κ1) is 10.9. The Morgan fingerprint density at radius 3 is 2.56 bits per heavy atom. The van der Waals surface area contributed by atoms with Gasteiger partial charge in [-0.05, 0) is 0 Å². The second-order valence-electron chi connectivity index (χ2n) is 3.46. The van der Waals surface area contributed by atoms with Crippen molar-refractivity contribution in [3.8, 4) is 0 Å². The molecule has 0 aliphatic carbocycles. The van der Waals surface area contributed by atoms with Gasteiger partial charge in [-0.15, -0.1) is 0 Å². The van der Waals surface area contributed by atoms with Gasteiger partial charge in [0.25, 0.3) is 0 Å². The zero-order valence-corrected chi connectivity index (χ0v) is 8.90. The van der Waals surface area contributed by atoms with E-state index in [0.29, 0.717) is 11.8 Å². The van der Waals surface area contributed by atoms with Crippen LogP contribution in [-0.4, -0.2) is 36.1 Å². The van der Waals surface area contributed by atoms with Crippen molar-refractivity contribution in [2.75, 3.05) is 41.9 Å². The molecule has 2 rings (SSSR count). The highest BCUT2D eigenvalue weighted by molar-refractivity contribution is 5.53. The molecule has 0 aromatic carbocycles. The Bertz CT molecular complexity index is 326. The van der Waals surface area contributed by atoms with Gasteiger partial charge in [0.05, 0.1) is 0 Å². The Labute approximate surface area is 93.4 Å². The van der Waals surface area contributed by atoms with Crippen molar-refractivity contribution < 1.29 is 0 Å². The van der Waals surface area contributed by atoms with E-state index < -0.39 is 0 Å². The Morgan fingerprint density at radius 1 is 1.19 bits per heavy atom. The normalized spacial score (nSPS) is 16.0. The zero-order valence-electron chi connectivity index (χ0n) is 8.90. The number of nitrogens with zero attached hydrogens (tertiary/aromatic N) is 3. The number of hydrogen-bond donors (Lipinski definition) is 5. The third-order valence-corrected chi connectivity index (χ3v) is 2.43. The number of hydrazine groups is 2. The molecule has 1 aliphatic rings.